The van der Waals surface area contributed by atoms with E-state index in [0.29, 0.717) is 23.1 Å². The number of hydrogen-bond acceptors (Lipinski definition) is 4. The Bertz CT molecular complexity index is 574. The summed E-state index contributed by atoms with van der Waals surface area (Å²) in [5.74, 6) is 0.527. The Balaban J connectivity index is 1.78. The average molecular weight is 289 g/mol. The van der Waals surface area contributed by atoms with Crippen molar-refractivity contribution in [3.05, 3.63) is 39.4 Å². The molecule has 0 saturated carbocycles. The number of likely N-dealkylation sites (tertiary alicyclic amines) is 1. The van der Waals surface area contributed by atoms with Crippen LogP contribution in [0.15, 0.2) is 18.2 Å². The lowest BCUT2D eigenvalue weighted by Crippen LogP contribution is -2.41. The zero-order valence-electron chi connectivity index (χ0n) is 12.0. The van der Waals surface area contributed by atoms with E-state index in [9.17, 15) is 14.9 Å². The summed E-state index contributed by atoms with van der Waals surface area (Å²) in [5.41, 5.74) is 1.26. The van der Waals surface area contributed by atoms with Gasteiger partial charge in [0.1, 0.15) is 0 Å². The zero-order chi connectivity index (χ0) is 15.0. The molecule has 0 spiro atoms. The number of amides is 1. The molecule has 1 aromatic rings. The van der Waals surface area contributed by atoms with Gasteiger partial charge in [-0.3, -0.25) is 14.9 Å². The van der Waals surface area contributed by atoms with Crippen LogP contribution >= 0.6 is 0 Å². The number of fused-ring (bicyclic) bond motifs is 1. The summed E-state index contributed by atoms with van der Waals surface area (Å²) in [4.78, 5) is 24.8. The number of benzene rings is 1. The van der Waals surface area contributed by atoms with Gasteiger partial charge in [-0.25, -0.2) is 0 Å². The molecular formula is C15H19N3O3. The summed E-state index contributed by atoms with van der Waals surface area (Å²) in [6, 6.07) is 4.85. The van der Waals surface area contributed by atoms with Crippen molar-refractivity contribution in [2.75, 3.05) is 19.6 Å². The molecule has 0 bridgehead atoms. The molecule has 1 amide bonds. The summed E-state index contributed by atoms with van der Waals surface area (Å²) in [5, 5.41) is 14.2. The van der Waals surface area contributed by atoms with Crippen LogP contribution < -0.4 is 5.32 Å². The Hall–Kier alpha value is -1.95. The lowest BCUT2D eigenvalue weighted by Gasteiger charge is -2.24. The Morgan fingerprint density at radius 2 is 2.24 bits per heavy atom. The third-order valence-electron chi connectivity index (χ3n) is 4.54. The lowest BCUT2D eigenvalue weighted by molar-refractivity contribution is -0.384. The number of carbonyl (C=O) groups excluding carboxylic acids is 1. The SMILES string of the molecule is Cc1cc([N+](=O)[O-])ccc1C(=O)N1CC2CCCNC2C1. The molecule has 2 heterocycles. The number of nitrogens with one attached hydrogen (secondary N) is 1. The highest BCUT2D eigenvalue weighted by Crippen LogP contribution is 2.27. The summed E-state index contributed by atoms with van der Waals surface area (Å²) < 4.78 is 0. The first-order valence-electron chi connectivity index (χ1n) is 7.34. The van der Waals surface area contributed by atoms with Gasteiger partial charge in [0.15, 0.2) is 0 Å². The Kier molecular flexibility index (Phi) is 3.63. The quantitative estimate of drug-likeness (QED) is 0.664. The van der Waals surface area contributed by atoms with E-state index >= 15 is 0 Å². The van der Waals surface area contributed by atoms with Gasteiger partial charge in [-0.1, -0.05) is 0 Å². The predicted molar refractivity (Wildman–Crippen MR) is 78.3 cm³/mol. The molecule has 2 unspecified atom stereocenters. The van der Waals surface area contributed by atoms with Crippen molar-refractivity contribution in [2.45, 2.75) is 25.8 Å². The highest BCUT2D eigenvalue weighted by Gasteiger charge is 2.36. The molecule has 1 aromatic carbocycles. The van der Waals surface area contributed by atoms with Crippen molar-refractivity contribution in [2.24, 2.45) is 5.92 Å². The monoisotopic (exact) mass is 289 g/mol. The smallest absolute Gasteiger partial charge is 0.269 e. The molecule has 2 aliphatic rings. The number of rotatable bonds is 2. The van der Waals surface area contributed by atoms with E-state index in [-0.39, 0.29) is 11.6 Å². The molecule has 2 atom stereocenters. The largest absolute Gasteiger partial charge is 0.337 e. The number of nitro groups is 1. The molecule has 0 aromatic heterocycles. The van der Waals surface area contributed by atoms with Crippen molar-refractivity contribution in [3.8, 4) is 0 Å². The Morgan fingerprint density at radius 3 is 2.90 bits per heavy atom. The van der Waals surface area contributed by atoms with Crippen LogP contribution in [0.2, 0.25) is 0 Å². The minimum Gasteiger partial charge on any atom is -0.337 e. The third kappa shape index (κ3) is 2.63. The molecule has 3 rings (SSSR count). The summed E-state index contributed by atoms with van der Waals surface area (Å²) in [7, 11) is 0. The predicted octanol–water partition coefficient (Wildman–Crippen LogP) is 1.73. The van der Waals surface area contributed by atoms with E-state index in [1.54, 1.807) is 13.0 Å². The van der Waals surface area contributed by atoms with Gasteiger partial charge in [0.05, 0.1) is 4.92 Å². The molecule has 6 heteroatoms. The standard InChI is InChI=1S/C15H19N3O3/c1-10-7-12(18(20)21)4-5-13(10)15(19)17-8-11-3-2-6-16-14(11)9-17/h4-5,7,11,14,16H,2-3,6,8-9H2,1H3. The fourth-order valence-electron chi connectivity index (χ4n) is 3.38. The van der Waals surface area contributed by atoms with Gasteiger partial charge in [-0.2, -0.15) is 0 Å². The molecule has 1 N–H and O–H groups in total. The fourth-order valence-corrected chi connectivity index (χ4v) is 3.38. The first-order chi connectivity index (χ1) is 10.1. The van der Waals surface area contributed by atoms with Crippen LogP contribution in [-0.2, 0) is 0 Å². The second kappa shape index (κ2) is 5.44. The van der Waals surface area contributed by atoms with Gasteiger partial charge in [0, 0.05) is 36.8 Å². The number of nitrogens with zero attached hydrogens (tertiary/aromatic N) is 2. The molecule has 2 fully saturated rings. The molecule has 112 valence electrons. The maximum absolute atomic E-state index is 12.6. The molecule has 2 aliphatic heterocycles. The van der Waals surface area contributed by atoms with E-state index in [2.05, 4.69) is 5.32 Å². The first kappa shape index (κ1) is 14.0. The van der Waals surface area contributed by atoms with E-state index in [1.807, 2.05) is 4.90 Å². The number of nitro benzene ring substituents is 1. The summed E-state index contributed by atoms with van der Waals surface area (Å²) >= 11 is 0. The van der Waals surface area contributed by atoms with E-state index in [1.165, 1.54) is 25.0 Å². The second-order valence-electron chi connectivity index (χ2n) is 5.93. The second-order valence-corrected chi connectivity index (χ2v) is 5.93. The lowest BCUT2D eigenvalue weighted by atomic mass is 9.94. The normalized spacial score (nSPS) is 24.7. The van der Waals surface area contributed by atoms with Gasteiger partial charge in [-0.05, 0) is 43.9 Å². The Morgan fingerprint density at radius 1 is 1.43 bits per heavy atom. The van der Waals surface area contributed by atoms with Gasteiger partial charge in [-0.15, -0.1) is 0 Å². The van der Waals surface area contributed by atoms with Crippen LogP contribution in [0.1, 0.15) is 28.8 Å². The molecular weight excluding hydrogens is 270 g/mol. The topological polar surface area (TPSA) is 75.5 Å². The highest BCUT2D eigenvalue weighted by atomic mass is 16.6. The number of carbonyl (C=O) groups is 1. The van der Waals surface area contributed by atoms with Crippen LogP contribution in [0.25, 0.3) is 0 Å². The maximum atomic E-state index is 12.6. The van der Waals surface area contributed by atoms with Crippen molar-refractivity contribution < 1.29 is 9.72 Å². The highest BCUT2D eigenvalue weighted by molar-refractivity contribution is 5.96. The van der Waals surface area contributed by atoms with Crippen LogP contribution in [0.3, 0.4) is 0 Å². The van der Waals surface area contributed by atoms with Crippen LogP contribution in [0.5, 0.6) is 0 Å². The van der Waals surface area contributed by atoms with Crippen LogP contribution in [0, 0.1) is 23.0 Å². The van der Waals surface area contributed by atoms with Crippen molar-refractivity contribution in [1.29, 1.82) is 0 Å². The molecule has 0 aliphatic carbocycles. The minimum absolute atomic E-state index is 0.0152. The average Bonchev–Trinajstić information content (AvgIpc) is 2.90. The maximum Gasteiger partial charge on any atom is 0.269 e. The number of piperidine rings is 1. The molecule has 6 nitrogen and oxygen atoms in total. The number of hydrogen-bond donors (Lipinski definition) is 1. The summed E-state index contributed by atoms with van der Waals surface area (Å²) in [6.45, 7) is 4.30. The van der Waals surface area contributed by atoms with E-state index in [4.69, 9.17) is 0 Å². The van der Waals surface area contributed by atoms with Gasteiger partial charge in [0.2, 0.25) is 0 Å². The number of non-ortho nitro benzene ring substituents is 1. The molecule has 2 saturated heterocycles. The minimum atomic E-state index is -0.435. The van der Waals surface area contributed by atoms with Crippen molar-refractivity contribution in [1.82, 2.24) is 10.2 Å². The van der Waals surface area contributed by atoms with E-state index < -0.39 is 4.92 Å². The van der Waals surface area contributed by atoms with Gasteiger partial charge >= 0.3 is 0 Å². The van der Waals surface area contributed by atoms with Crippen LogP contribution in [0.4, 0.5) is 5.69 Å². The molecule has 0 radical (unpaired) electrons. The van der Waals surface area contributed by atoms with E-state index in [0.717, 1.165) is 19.6 Å². The van der Waals surface area contributed by atoms with Crippen LogP contribution in [-0.4, -0.2) is 41.4 Å². The third-order valence-corrected chi connectivity index (χ3v) is 4.54. The summed E-state index contributed by atoms with van der Waals surface area (Å²) in [6.07, 6.45) is 2.33. The molecule has 21 heavy (non-hydrogen) atoms. The van der Waals surface area contributed by atoms with Crippen molar-refractivity contribution >= 4 is 11.6 Å². The van der Waals surface area contributed by atoms with Gasteiger partial charge < -0.3 is 10.2 Å². The van der Waals surface area contributed by atoms with Crippen molar-refractivity contribution in [3.63, 3.8) is 0 Å². The fraction of sp³-hybridized carbons (Fsp3) is 0.533. The zero-order valence-corrected chi connectivity index (χ0v) is 12.0. The van der Waals surface area contributed by atoms with Gasteiger partial charge in [0.25, 0.3) is 11.6 Å². The first-order valence-corrected chi connectivity index (χ1v) is 7.34. The Labute approximate surface area is 123 Å². The number of aryl methyl sites for hydroxylation is 1.